The Morgan fingerprint density at radius 2 is 1.50 bits per heavy atom. The molecule has 6 heteroatoms. The highest BCUT2D eigenvalue weighted by molar-refractivity contribution is 5.64. The zero-order chi connectivity index (χ0) is 17.3. The lowest BCUT2D eigenvalue weighted by Crippen LogP contribution is -2.05. The molecule has 2 aromatic carbocycles. The Balaban J connectivity index is 2.03. The molecule has 0 spiro atoms. The number of alkyl halides is 3. The number of ether oxygens (including phenoxy) is 1. The van der Waals surface area contributed by atoms with Gasteiger partial charge in [-0.3, -0.25) is 0 Å². The minimum atomic E-state index is -4.40. The number of methoxy groups -OCH3 is 1. The van der Waals surface area contributed by atoms with E-state index in [-0.39, 0.29) is 5.69 Å². The van der Waals surface area contributed by atoms with E-state index in [1.54, 1.807) is 24.3 Å². The predicted octanol–water partition coefficient (Wildman–Crippen LogP) is 5.31. The Bertz CT molecular complexity index is 833. The van der Waals surface area contributed by atoms with Crippen LogP contribution in [-0.4, -0.2) is 11.7 Å². The van der Waals surface area contributed by atoms with Gasteiger partial charge < -0.3 is 9.30 Å². The molecule has 0 aliphatic carbocycles. The molecule has 0 amide bonds. The van der Waals surface area contributed by atoms with Crippen molar-refractivity contribution < 1.29 is 22.3 Å². The molecule has 0 saturated carbocycles. The van der Waals surface area contributed by atoms with Gasteiger partial charge in [0.05, 0.1) is 18.4 Å². The molecular formula is C18H13F4NO. The summed E-state index contributed by atoms with van der Waals surface area (Å²) in [7, 11) is 1.53. The first-order valence-corrected chi connectivity index (χ1v) is 7.09. The lowest BCUT2D eigenvalue weighted by molar-refractivity contribution is -0.137. The quantitative estimate of drug-likeness (QED) is 0.592. The third-order valence-electron chi connectivity index (χ3n) is 3.67. The second-order valence-electron chi connectivity index (χ2n) is 5.16. The Morgan fingerprint density at radius 1 is 0.875 bits per heavy atom. The Morgan fingerprint density at radius 3 is 2.04 bits per heavy atom. The van der Waals surface area contributed by atoms with Crippen LogP contribution in [0.1, 0.15) is 5.56 Å². The van der Waals surface area contributed by atoms with Gasteiger partial charge in [-0.2, -0.15) is 13.2 Å². The fraction of sp³-hybridized carbons (Fsp3) is 0.111. The zero-order valence-electron chi connectivity index (χ0n) is 12.6. The predicted molar refractivity (Wildman–Crippen MR) is 82.7 cm³/mol. The third-order valence-corrected chi connectivity index (χ3v) is 3.67. The first kappa shape index (κ1) is 16.1. The summed E-state index contributed by atoms with van der Waals surface area (Å²) in [5.41, 5.74) is 0.568. The molecule has 0 N–H and O–H groups in total. The maximum absolute atomic E-state index is 14.2. The van der Waals surface area contributed by atoms with E-state index < -0.39 is 17.6 Å². The maximum atomic E-state index is 14.2. The SMILES string of the molecule is COc1ccc(-c2c(F)ccn2-c2ccc(C(F)(F)F)cc2)cc1. The summed E-state index contributed by atoms with van der Waals surface area (Å²) in [6.45, 7) is 0. The van der Waals surface area contributed by atoms with E-state index in [9.17, 15) is 17.6 Å². The highest BCUT2D eigenvalue weighted by Crippen LogP contribution is 2.32. The van der Waals surface area contributed by atoms with Crippen molar-refractivity contribution in [2.45, 2.75) is 6.18 Å². The van der Waals surface area contributed by atoms with Gasteiger partial charge >= 0.3 is 6.18 Å². The molecule has 0 atom stereocenters. The molecule has 0 unspecified atom stereocenters. The number of rotatable bonds is 3. The molecule has 0 saturated heterocycles. The number of halogens is 4. The number of aromatic nitrogens is 1. The van der Waals surface area contributed by atoms with Crippen molar-refractivity contribution in [3.8, 4) is 22.7 Å². The van der Waals surface area contributed by atoms with Gasteiger partial charge in [0.2, 0.25) is 0 Å². The molecule has 2 nitrogen and oxygen atoms in total. The summed E-state index contributed by atoms with van der Waals surface area (Å²) >= 11 is 0. The van der Waals surface area contributed by atoms with Crippen molar-refractivity contribution in [3.05, 3.63) is 72.2 Å². The van der Waals surface area contributed by atoms with Gasteiger partial charge in [-0.15, -0.1) is 0 Å². The summed E-state index contributed by atoms with van der Waals surface area (Å²) in [5, 5.41) is 0. The zero-order valence-corrected chi connectivity index (χ0v) is 12.6. The van der Waals surface area contributed by atoms with E-state index in [1.165, 1.54) is 36.1 Å². The van der Waals surface area contributed by atoms with Crippen LogP contribution in [0.25, 0.3) is 16.9 Å². The summed E-state index contributed by atoms with van der Waals surface area (Å²) < 4.78 is 58.8. The summed E-state index contributed by atoms with van der Waals surface area (Å²) in [6.07, 6.45) is -2.92. The van der Waals surface area contributed by atoms with E-state index in [4.69, 9.17) is 4.74 Å². The van der Waals surface area contributed by atoms with Crippen LogP contribution >= 0.6 is 0 Å². The molecule has 0 aliphatic rings. The van der Waals surface area contributed by atoms with Crippen LogP contribution in [0.2, 0.25) is 0 Å². The number of hydrogen-bond donors (Lipinski definition) is 0. The first-order chi connectivity index (χ1) is 11.4. The maximum Gasteiger partial charge on any atom is 0.416 e. The number of nitrogens with zero attached hydrogens (tertiary/aromatic N) is 1. The second-order valence-corrected chi connectivity index (χ2v) is 5.16. The van der Waals surface area contributed by atoms with Crippen LogP contribution in [-0.2, 0) is 6.18 Å². The number of benzene rings is 2. The van der Waals surface area contributed by atoms with Gasteiger partial charge in [0.25, 0.3) is 0 Å². The van der Waals surface area contributed by atoms with Crippen molar-refractivity contribution in [2.75, 3.05) is 7.11 Å². The van der Waals surface area contributed by atoms with Crippen LogP contribution in [0.3, 0.4) is 0 Å². The lowest BCUT2D eigenvalue weighted by atomic mass is 10.1. The van der Waals surface area contributed by atoms with Crippen molar-refractivity contribution in [2.24, 2.45) is 0 Å². The molecule has 24 heavy (non-hydrogen) atoms. The molecule has 1 heterocycles. The van der Waals surface area contributed by atoms with Gasteiger partial charge in [-0.05, 0) is 54.6 Å². The van der Waals surface area contributed by atoms with Crippen LogP contribution in [0, 0.1) is 5.82 Å². The Hall–Kier alpha value is -2.76. The van der Waals surface area contributed by atoms with Gasteiger partial charge in [-0.25, -0.2) is 4.39 Å². The minimum absolute atomic E-state index is 0.275. The molecule has 3 aromatic rings. The molecule has 3 rings (SSSR count). The first-order valence-electron chi connectivity index (χ1n) is 7.09. The van der Waals surface area contributed by atoms with Crippen LogP contribution in [0.15, 0.2) is 60.8 Å². The molecule has 0 fully saturated rings. The standard InChI is InChI=1S/C18H13F4NO/c1-24-15-8-2-12(3-9-15)17-16(19)10-11-23(17)14-6-4-13(5-7-14)18(20,21)22/h2-11H,1H3. The monoisotopic (exact) mass is 335 g/mol. The van der Waals surface area contributed by atoms with Crippen molar-refractivity contribution in [3.63, 3.8) is 0 Å². The molecular weight excluding hydrogens is 322 g/mol. The second kappa shape index (κ2) is 6.03. The Kier molecular flexibility index (Phi) is 4.05. The fourth-order valence-corrected chi connectivity index (χ4v) is 2.46. The lowest BCUT2D eigenvalue weighted by Gasteiger charge is -2.12. The largest absolute Gasteiger partial charge is 0.497 e. The molecule has 0 bridgehead atoms. The smallest absolute Gasteiger partial charge is 0.416 e. The van der Waals surface area contributed by atoms with E-state index in [1.807, 2.05) is 0 Å². The average Bonchev–Trinajstić information content (AvgIpc) is 2.96. The van der Waals surface area contributed by atoms with Gasteiger partial charge in [-0.1, -0.05) is 0 Å². The molecule has 1 aromatic heterocycles. The van der Waals surface area contributed by atoms with Crippen molar-refractivity contribution in [1.82, 2.24) is 4.57 Å². The summed E-state index contributed by atoms with van der Waals surface area (Å²) in [6, 6.07) is 12.6. The van der Waals surface area contributed by atoms with Crippen LogP contribution in [0.5, 0.6) is 5.75 Å². The fourth-order valence-electron chi connectivity index (χ4n) is 2.46. The van der Waals surface area contributed by atoms with E-state index in [2.05, 4.69) is 0 Å². The third kappa shape index (κ3) is 2.99. The van der Waals surface area contributed by atoms with Crippen LogP contribution in [0.4, 0.5) is 17.6 Å². The Labute approximate surface area is 135 Å². The normalized spacial score (nSPS) is 11.5. The van der Waals surface area contributed by atoms with Gasteiger partial charge in [0.1, 0.15) is 11.6 Å². The summed E-state index contributed by atoms with van der Waals surface area (Å²) in [5.74, 6) is 0.173. The molecule has 124 valence electrons. The van der Waals surface area contributed by atoms with E-state index in [0.29, 0.717) is 17.0 Å². The minimum Gasteiger partial charge on any atom is -0.497 e. The molecule has 0 radical (unpaired) electrons. The van der Waals surface area contributed by atoms with Crippen molar-refractivity contribution in [1.29, 1.82) is 0 Å². The topological polar surface area (TPSA) is 14.2 Å². The average molecular weight is 335 g/mol. The van der Waals surface area contributed by atoms with Gasteiger partial charge in [0.15, 0.2) is 0 Å². The van der Waals surface area contributed by atoms with Crippen LogP contribution < -0.4 is 4.74 Å². The van der Waals surface area contributed by atoms with Crippen molar-refractivity contribution >= 4 is 0 Å². The highest BCUT2D eigenvalue weighted by atomic mass is 19.4. The highest BCUT2D eigenvalue weighted by Gasteiger charge is 2.30. The van der Waals surface area contributed by atoms with E-state index >= 15 is 0 Å². The summed E-state index contributed by atoms with van der Waals surface area (Å²) in [4.78, 5) is 0. The van der Waals surface area contributed by atoms with E-state index in [0.717, 1.165) is 12.1 Å². The molecule has 0 aliphatic heterocycles. The number of hydrogen-bond acceptors (Lipinski definition) is 1. The van der Waals surface area contributed by atoms with Gasteiger partial charge in [0, 0.05) is 17.4 Å².